The van der Waals surface area contributed by atoms with Gasteiger partial charge in [0.1, 0.15) is 11.9 Å². The Bertz CT molecular complexity index is 496. The van der Waals surface area contributed by atoms with Crippen molar-refractivity contribution >= 4 is 27.5 Å². The van der Waals surface area contributed by atoms with E-state index in [2.05, 4.69) is 4.72 Å². The van der Waals surface area contributed by atoms with Crippen LogP contribution in [0.3, 0.4) is 0 Å². The Labute approximate surface area is 112 Å². The molecule has 0 bridgehead atoms. The fourth-order valence-electron chi connectivity index (χ4n) is 1.83. The zero-order valence-electron chi connectivity index (χ0n) is 10.3. The maximum absolute atomic E-state index is 11.3. The first-order valence-electron chi connectivity index (χ1n) is 5.86. The van der Waals surface area contributed by atoms with Gasteiger partial charge in [0, 0.05) is 0 Å². The maximum Gasteiger partial charge on any atom is 0.229 e. The van der Waals surface area contributed by atoms with Crippen LogP contribution in [0.25, 0.3) is 0 Å². The highest BCUT2D eigenvalue weighted by Gasteiger charge is 2.17. The van der Waals surface area contributed by atoms with Gasteiger partial charge >= 0.3 is 0 Å². The number of nitrogens with one attached hydrogen (secondary N) is 1. The molecule has 1 fully saturated rings. The first-order chi connectivity index (χ1) is 8.54. The molecule has 18 heavy (non-hydrogen) atoms. The van der Waals surface area contributed by atoms with Crippen molar-refractivity contribution < 1.29 is 13.2 Å². The summed E-state index contributed by atoms with van der Waals surface area (Å²) in [5, 5.41) is 0. The fraction of sp³-hybridized carbons (Fsp3) is 0.500. The van der Waals surface area contributed by atoms with E-state index in [1.807, 2.05) is 17.8 Å². The lowest BCUT2D eigenvalue weighted by Gasteiger charge is -2.24. The highest BCUT2D eigenvalue weighted by molar-refractivity contribution is 7.99. The average molecular weight is 287 g/mol. The minimum absolute atomic E-state index is 0.189. The molecule has 1 aliphatic rings. The van der Waals surface area contributed by atoms with Gasteiger partial charge in [0.15, 0.2) is 0 Å². The summed E-state index contributed by atoms with van der Waals surface area (Å²) in [6.07, 6.45) is 3.35. The van der Waals surface area contributed by atoms with E-state index in [0.717, 1.165) is 30.6 Å². The molecule has 2 rings (SSSR count). The van der Waals surface area contributed by atoms with Crippen molar-refractivity contribution in [3.63, 3.8) is 0 Å². The molecule has 4 nitrogen and oxygen atoms in total. The van der Waals surface area contributed by atoms with Crippen LogP contribution in [-0.4, -0.2) is 32.3 Å². The number of hydrogen-bond acceptors (Lipinski definition) is 4. The first-order valence-corrected chi connectivity index (χ1v) is 8.90. The molecule has 0 unspecified atom stereocenters. The number of rotatable bonds is 4. The molecule has 100 valence electrons. The number of ether oxygens (including phenoxy) is 1. The topological polar surface area (TPSA) is 55.4 Å². The molecule has 0 radical (unpaired) electrons. The fourth-order valence-corrected chi connectivity index (χ4v) is 3.46. The number of para-hydroxylation sites is 2. The van der Waals surface area contributed by atoms with E-state index in [0.29, 0.717) is 11.4 Å². The lowest BCUT2D eigenvalue weighted by atomic mass is 10.2. The van der Waals surface area contributed by atoms with Crippen molar-refractivity contribution in [3.05, 3.63) is 24.3 Å². The Morgan fingerprint density at radius 1 is 1.28 bits per heavy atom. The third-order valence-electron chi connectivity index (χ3n) is 2.64. The van der Waals surface area contributed by atoms with E-state index in [4.69, 9.17) is 4.74 Å². The Balaban J connectivity index is 2.11. The lowest BCUT2D eigenvalue weighted by molar-refractivity contribution is 0.193. The van der Waals surface area contributed by atoms with E-state index >= 15 is 0 Å². The molecule has 1 N–H and O–H groups in total. The van der Waals surface area contributed by atoms with Crippen molar-refractivity contribution in [2.45, 2.75) is 18.9 Å². The van der Waals surface area contributed by atoms with E-state index in [-0.39, 0.29) is 6.10 Å². The Hall–Kier alpha value is -0.880. The zero-order chi connectivity index (χ0) is 13.0. The second-order valence-electron chi connectivity index (χ2n) is 4.30. The summed E-state index contributed by atoms with van der Waals surface area (Å²) in [4.78, 5) is 0. The van der Waals surface area contributed by atoms with Crippen molar-refractivity contribution in [3.8, 4) is 5.75 Å². The quantitative estimate of drug-likeness (QED) is 0.923. The van der Waals surface area contributed by atoms with Gasteiger partial charge in [-0.05, 0) is 36.5 Å². The summed E-state index contributed by atoms with van der Waals surface area (Å²) in [5.74, 6) is 2.82. The highest BCUT2D eigenvalue weighted by Crippen LogP contribution is 2.29. The molecule has 0 aliphatic carbocycles. The summed E-state index contributed by atoms with van der Waals surface area (Å²) >= 11 is 1.93. The van der Waals surface area contributed by atoms with Crippen LogP contribution in [0.5, 0.6) is 5.75 Å². The number of anilines is 1. The predicted molar refractivity (Wildman–Crippen MR) is 75.9 cm³/mol. The Morgan fingerprint density at radius 2 is 1.94 bits per heavy atom. The molecule has 0 atom stereocenters. The van der Waals surface area contributed by atoms with Crippen molar-refractivity contribution in [1.82, 2.24) is 0 Å². The first kappa shape index (κ1) is 13.5. The highest BCUT2D eigenvalue weighted by atomic mass is 32.2. The molecule has 6 heteroatoms. The van der Waals surface area contributed by atoms with E-state index in [9.17, 15) is 8.42 Å². The standard InChI is InChI=1S/C12H17NO3S2/c1-18(14,15)13-11-4-2-3-5-12(11)16-10-6-8-17-9-7-10/h2-5,10,13H,6-9H2,1H3. The van der Waals surface area contributed by atoms with Gasteiger partial charge in [-0.15, -0.1) is 0 Å². The second kappa shape index (κ2) is 5.84. The normalized spacial score (nSPS) is 17.4. The third kappa shape index (κ3) is 4.10. The molecule has 1 saturated heterocycles. The molecule has 0 amide bonds. The number of benzene rings is 1. The van der Waals surface area contributed by atoms with Crippen LogP contribution in [0.15, 0.2) is 24.3 Å². The predicted octanol–water partition coefficient (Wildman–Crippen LogP) is 2.33. The molecule has 0 spiro atoms. The second-order valence-corrected chi connectivity index (χ2v) is 7.27. The van der Waals surface area contributed by atoms with Crippen LogP contribution in [-0.2, 0) is 10.0 Å². The van der Waals surface area contributed by atoms with Crippen molar-refractivity contribution in [1.29, 1.82) is 0 Å². The number of sulfonamides is 1. The van der Waals surface area contributed by atoms with Gasteiger partial charge in [0.05, 0.1) is 11.9 Å². The summed E-state index contributed by atoms with van der Waals surface area (Å²) in [6, 6.07) is 7.15. The minimum Gasteiger partial charge on any atom is -0.488 e. The van der Waals surface area contributed by atoms with Crippen LogP contribution in [0.4, 0.5) is 5.69 Å². The smallest absolute Gasteiger partial charge is 0.229 e. The van der Waals surface area contributed by atoms with E-state index < -0.39 is 10.0 Å². The maximum atomic E-state index is 11.3. The van der Waals surface area contributed by atoms with Crippen LogP contribution < -0.4 is 9.46 Å². The van der Waals surface area contributed by atoms with Crippen LogP contribution >= 0.6 is 11.8 Å². The zero-order valence-corrected chi connectivity index (χ0v) is 11.9. The van der Waals surface area contributed by atoms with Gasteiger partial charge < -0.3 is 4.74 Å². The van der Waals surface area contributed by atoms with Crippen molar-refractivity contribution in [2.24, 2.45) is 0 Å². The Morgan fingerprint density at radius 3 is 2.61 bits per heavy atom. The largest absolute Gasteiger partial charge is 0.488 e. The van der Waals surface area contributed by atoms with Crippen LogP contribution in [0, 0.1) is 0 Å². The van der Waals surface area contributed by atoms with Gasteiger partial charge in [-0.1, -0.05) is 12.1 Å². The lowest BCUT2D eigenvalue weighted by Crippen LogP contribution is -2.23. The Kier molecular flexibility index (Phi) is 4.40. The molecule has 1 aromatic rings. The molecular formula is C12H17NO3S2. The molecule has 0 saturated carbocycles. The molecular weight excluding hydrogens is 270 g/mol. The molecule has 1 aliphatic heterocycles. The SMILES string of the molecule is CS(=O)(=O)Nc1ccccc1OC1CCSCC1. The van der Waals surface area contributed by atoms with E-state index in [1.165, 1.54) is 0 Å². The van der Waals surface area contributed by atoms with Crippen LogP contribution in [0.1, 0.15) is 12.8 Å². The van der Waals surface area contributed by atoms with Gasteiger partial charge in [-0.3, -0.25) is 4.72 Å². The van der Waals surface area contributed by atoms with E-state index in [1.54, 1.807) is 18.2 Å². The number of thioether (sulfide) groups is 1. The molecule has 1 aromatic carbocycles. The van der Waals surface area contributed by atoms with Crippen molar-refractivity contribution in [2.75, 3.05) is 22.5 Å². The molecule has 1 heterocycles. The number of hydrogen-bond donors (Lipinski definition) is 1. The summed E-state index contributed by atoms with van der Waals surface area (Å²) in [7, 11) is -3.27. The molecule has 0 aromatic heterocycles. The summed E-state index contributed by atoms with van der Waals surface area (Å²) < 4.78 is 30.9. The minimum atomic E-state index is -3.27. The van der Waals surface area contributed by atoms with Gasteiger partial charge in [0.2, 0.25) is 10.0 Å². The summed E-state index contributed by atoms with van der Waals surface area (Å²) in [5.41, 5.74) is 0.512. The monoisotopic (exact) mass is 287 g/mol. The average Bonchev–Trinajstić information content (AvgIpc) is 2.31. The van der Waals surface area contributed by atoms with Crippen LogP contribution in [0.2, 0.25) is 0 Å². The van der Waals surface area contributed by atoms with Gasteiger partial charge in [-0.25, -0.2) is 8.42 Å². The van der Waals surface area contributed by atoms with Gasteiger partial charge in [0.25, 0.3) is 0 Å². The van der Waals surface area contributed by atoms with Gasteiger partial charge in [-0.2, -0.15) is 11.8 Å². The third-order valence-corrected chi connectivity index (χ3v) is 4.28. The summed E-state index contributed by atoms with van der Waals surface area (Å²) in [6.45, 7) is 0.